The van der Waals surface area contributed by atoms with Crippen LogP contribution in [0.25, 0.3) is 10.2 Å². The van der Waals surface area contributed by atoms with Gasteiger partial charge in [-0.2, -0.15) is 0 Å². The number of benzene rings is 2. The van der Waals surface area contributed by atoms with Gasteiger partial charge in [-0.3, -0.25) is 4.79 Å². The predicted molar refractivity (Wildman–Crippen MR) is 112 cm³/mol. The summed E-state index contributed by atoms with van der Waals surface area (Å²) in [5.41, 5.74) is 0.506. The summed E-state index contributed by atoms with van der Waals surface area (Å²) < 4.78 is 63.6. The molecule has 0 saturated heterocycles. The Balaban J connectivity index is 1.70. The number of sulfone groups is 1. The Hall–Kier alpha value is -2.41. The Labute approximate surface area is 177 Å². The molecule has 0 saturated carbocycles. The van der Waals surface area contributed by atoms with Crippen molar-refractivity contribution in [1.29, 1.82) is 0 Å². The lowest BCUT2D eigenvalue weighted by molar-refractivity contribution is -0.115. The summed E-state index contributed by atoms with van der Waals surface area (Å²) in [7, 11) is -4.48. The van der Waals surface area contributed by atoms with Crippen LogP contribution in [-0.2, 0) is 24.7 Å². The second kappa shape index (κ2) is 8.38. The van der Waals surface area contributed by atoms with Crippen molar-refractivity contribution in [2.75, 3.05) is 25.2 Å². The molecule has 1 aromatic heterocycles. The Morgan fingerprint density at radius 3 is 2.33 bits per heavy atom. The number of nitrogens with one attached hydrogen (secondary N) is 1. The molecule has 0 aliphatic heterocycles. The summed E-state index contributed by atoms with van der Waals surface area (Å²) in [6, 6.07) is 8.81. The first kappa shape index (κ1) is 22.3. The quantitative estimate of drug-likeness (QED) is 0.530. The zero-order valence-corrected chi connectivity index (χ0v) is 18.4. The zero-order chi connectivity index (χ0) is 22.1. The molecule has 0 spiro atoms. The maximum atomic E-state index is 12.9. The van der Waals surface area contributed by atoms with Crippen molar-refractivity contribution in [1.82, 2.24) is 9.29 Å². The maximum absolute atomic E-state index is 12.9. The zero-order valence-electron chi connectivity index (χ0n) is 16.0. The molecule has 2 aromatic carbocycles. The lowest BCUT2D eigenvalue weighted by Gasteiger charge is -2.10. The summed E-state index contributed by atoms with van der Waals surface area (Å²) in [6.45, 7) is 0. The van der Waals surface area contributed by atoms with Crippen LogP contribution in [0.5, 0.6) is 0 Å². The summed E-state index contributed by atoms with van der Waals surface area (Å²) >= 11 is 1.08. The highest BCUT2D eigenvalue weighted by atomic mass is 32.2. The van der Waals surface area contributed by atoms with E-state index in [1.807, 2.05) is 0 Å². The van der Waals surface area contributed by atoms with E-state index in [-0.39, 0.29) is 21.3 Å². The second-order valence-electron chi connectivity index (χ2n) is 6.51. The largest absolute Gasteiger partial charge is 0.302 e. The van der Waals surface area contributed by atoms with Gasteiger partial charge in [0.25, 0.3) is 0 Å². The number of carbonyl (C=O) groups is 1. The van der Waals surface area contributed by atoms with E-state index in [1.165, 1.54) is 32.3 Å². The van der Waals surface area contributed by atoms with Gasteiger partial charge in [0.05, 0.1) is 25.8 Å². The molecule has 1 N–H and O–H groups in total. The van der Waals surface area contributed by atoms with Crippen LogP contribution < -0.4 is 5.32 Å². The van der Waals surface area contributed by atoms with Crippen LogP contribution in [0.4, 0.5) is 9.52 Å². The molecule has 0 radical (unpaired) electrons. The predicted octanol–water partition coefficient (Wildman–Crippen LogP) is 2.49. The molecule has 0 aliphatic rings. The van der Waals surface area contributed by atoms with E-state index in [4.69, 9.17) is 0 Å². The molecule has 1 amide bonds. The highest BCUT2D eigenvalue weighted by molar-refractivity contribution is 7.91. The van der Waals surface area contributed by atoms with Crippen LogP contribution >= 0.6 is 11.3 Å². The SMILES string of the molecule is CN(C)S(=O)(=O)c1ccc2nc(NC(=O)CCS(=O)(=O)c3ccc(F)cc3)sc2c1. The first-order valence-electron chi connectivity index (χ1n) is 8.60. The number of hydrogen-bond acceptors (Lipinski definition) is 7. The maximum Gasteiger partial charge on any atom is 0.242 e. The number of thiazole rings is 1. The summed E-state index contributed by atoms with van der Waals surface area (Å²) in [5.74, 6) is -1.55. The van der Waals surface area contributed by atoms with Gasteiger partial charge < -0.3 is 5.32 Å². The molecular formula is C18H18FN3O5S3. The van der Waals surface area contributed by atoms with Crippen LogP contribution in [0.2, 0.25) is 0 Å². The van der Waals surface area contributed by atoms with E-state index in [1.54, 1.807) is 0 Å². The Morgan fingerprint density at radius 1 is 1.07 bits per heavy atom. The van der Waals surface area contributed by atoms with E-state index >= 15 is 0 Å². The number of aromatic nitrogens is 1. The molecule has 30 heavy (non-hydrogen) atoms. The fourth-order valence-electron chi connectivity index (χ4n) is 2.50. The van der Waals surface area contributed by atoms with Crippen LogP contribution in [0, 0.1) is 5.82 Å². The number of halogens is 1. The number of carbonyl (C=O) groups excluding carboxylic acids is 1. The molecule has 8 nitrogen and oxygen atoms in total. The van der Waals surface area contributed by atoms with Gasteiger partial charge in [0.1, 0.15) is 5.82 Å². The summed E-state index contributed by atoms with van der Waals surface area (Å²) in [6.07, 6.45) is -0.310. The lowest BCUT2D eigenvalue weighted by Crippen LogP contribution is -2.22. The molecule has 3 rings (SSSR count). The van der Waals surface area contributed by atoms with Gasteiger partial charge in [0.2, 0.25) is 15.9 Å². The van der Waals surface area contributed by atoms with Crippen molar-refractivity contribution in [2.24, 2.45) is 0 Å². The Bertz CT molecular complexity index is 1300. The van der Waals surface area contributed by atoms with Gasteiger partial charge in [0.15, 0.2) is 15.0 Å². The average Bonchev–Trinajstić information content (AvgIpc) is 3.08. The number of fused-ring (bicyclic) bond motifs is 1. The number of rotatable bonds is 7. The van der Waals surface area contributed by atoms with Crippen molar-refractivity contribution >= 4 is 52.5 Å². The van der Waals surface area contributed by atoms with E-state index in [0.717, 1.165) is 39.9 Å². The normalized spacial score (nSPS) is 12.4. The van der Waals surface area contributed by atoms with E-state index < -0.39 is 37.3 Å². The third kappa shape index (κ3) is 4.83. The van der Waals surface area contributed by atoms with Gasteiger partial charge in [0, 0.05) is 20.5 Å². The molecule has 0 atom stereocenters. The molecule has 0 bridgehead atoms. The minimum absolute atomic E-state index is 0.0636. The highest BCUT2D eigenvalue weighted by Gasteiger charge is 2.20. The third-order valence-corrected chi connectivity index (χ3v) is 8.63. The number of amides is 1. The molecule has 12 heteroatoms. The second-order valence-corrected chi connectivity index (χ2v) is 11.8. The molecule has 0 aliphatic carbocycles. The van der Waals surface area contributed by atoms with E-state index in [9.17, 15) is 26.0 Å². The van der Waals surface area contributed by atoms with Crippen molar-refractivity contribution in [3.63, 3.8) is 0 Å². The summed E-state index contributed by atoms with van der Waals surface area (Å²) in [5, 5.41) is 2.76. The standard InChI is InChI=1S/C18H18FN3O5S3/c1-22(2)30(26,27)14-7-8-15-16(11-14)28-18(20-15)21-17(23)9-10-29(24,25)13-5-3-12(19)4-6-13/h3-8,11H,9-10H2,1-2H3,(H,20,21,23). The topological polar surface area (TPSA) is 114 Å². The summed E-state index contributed by atoms with van der Waals surface area (Å²) in [4.78, 5) is 16.4. The van der Waals surface area contributed by atoms with Crippen LogP contribution in [0.1, 0.15) is 6.42 Å². The molecular weight excluding hydrogens is 453 g/mol. The third-order valence-electron chi connectivity index (χ3n) is 4.16. The fourth-order valence-corrected chi connectivity index (χ4v) is 5.66. The molecule has 0 unspecified atom stereocenters. The van der Waals surface area contributed by atoms with Gasteiger partial charge >= 0.3 is 0 Å². The van der Waals surface area contributed by atoms with Crippen molar-refractivity contribution in [3.8, 4) is 0 Å². The van der Waals surface area contributed by atoms with Gasteiger partial charge in [-0.25, -0.2) is 30.5 Å². The van der Waals surface area contributed by atoms with Gasteiger partial charge in [-0.05, 0) is 42.5 Å². The Kier molecular flexibility index (Phi) is 6.22. The number of sulfonamides is 1. The molecule has 160 valence electrons. The van der Waals surface area contributed by atoms with Crippen LogP contribution in [0.15, 0.2) is 52.3 Å². The monoisotopic (exact) mass is 471 g/mol. The van der Waals surface area contributed by atoms with E-state index in [0.29, 0.717) is 10.2 Å². The average molecular weight is 472 g/mol. The van der Waals surface area contributed by atoms with Crippen molar-refractivity contribution in [3.05, 3.63) is 48.3 Å². The van der Waals surface area contributed by atoms with Crippen molar-refractivity contribution in [2.45, 2.75) is 16.2 Å². The number of nitrogens with zero attached hydrogens (tertiary/aromatic N) is 2. The number of anilines is 1. The van der Waals surface area contributed by atoms with E-state index in [2.05, 4.69) is 10.3 Å². The lowest BCUT2D eigenvalue weighted by atomic mass is 10.3. The van der Waals surface area contributed by atoms with Crippen molar-refractivity contribution < 1.29 is 26.0 Å². The van der Waals surface area contributed by atoms with Crippen LogP contribution in [-0.4, -0.2) is 51.9 Å². The molecule has 3 aromatic rings. The highest BCUT2D eigenvalue weighted by Crippen LogP contribution is 2.29. The first-order chi connectivity index (χ1) is 14.0. The smallest absolute Gasteiger partial charge is 0.242 e. The first-order valence-corrected chi connectivity index (χ1v) is 12.5. The number of hydrogen-bond donors (Lipinski definition) is 1. The minimum Gasteiger partial charge on any atom is -0.302 e. The Morgan fingerprint density at radius 2 is 1.70 bits per heavy atom. The fraction of sp³-hybridized carbons (Fsp3) is 0.222. The van der Waals surface area contributed by atoms with Gasteiger partial charge in [-0.15, -0.1) is 0 Å². The van der Waals surface area contributed by atoms with Crippen LogP contribution in [0.3, 0.4) is 0 Å². The molecule has 0 fully saturated rings. The minimum atomic E-state index is -3.74. The van der Waals surface area contributed by atoms with Gasteiger partial charge in [-0.1, -0.05) is 11.3 Å². The molecule has 1 heterocycles.